The first-order chi connectivity index (χ1) is 7.29. The van der Waals surface area contributed by atoms with Gasteiger partial charge in [0.15, 0.2) is 0 Å². The lowest BCUT2D eigenvalue weighted by Crippen LogP contribution is -2.15. The number of nitrogens with one attached hydrogen (secondary N) is 1. The molecule has 3 nitrogen and oxygen atoms in total. The first-order valence-electron chi connectivity index (χ1n) is 5.03. The van der Waals surface area contributed by atoms with E-state index in [1.54, 1.807) is 6.92 Å². The van der Waals surface area contributed by atoms with Gasteiger partial charge in [0.05, 0.1) is 0 Å². The molecule has 0 aliphatic heterocycles. The molecule has 0 amide bonds. The molecule has 0 fully saturated rings. The molecule has 0 saturated heterocycles. The smallest absolute Gasteiger partial charge is 0.122 e. The van der Waals surface area contributed by atoms with Crippen LogP contribution in [0.2, 0.25) is 0 Å². The van der Waals surface area contributed by atoms with E-state index in [1.807, 2.05) is 11.5 Å². The molecule has 0 bridgehead atoms. The predicted octanol–water partition coefficient (Wildman–Crippen LogP) is 2.37. The third-order valence-electron chi connectivity index (χ3n) is 2.50. The molecule has 3 heteroatoms. The number of benzene rings is 1. The lowest BCUT2D eigenvalue weighted by atomic mass is 9.96. The maximum Gasteiger partial charge on any atom is 0.122 e. The molecule has 15 heavy (non-hydrogen) atoms. The normalized spacial score (nSPS) is 15.6. The number of hydrogen-bond donors (Lipinski definition) is 2. The van der Waals surface area contributed by atoms with Gasteiger partial charge in [0.1, 0.15) is 5.84 Å². The highest BCUT2D eigenvalue weighted by Crippen LogP contribution is 2.24. The quantitative estimate of drug-likeness (QED) is 0.417. The minimum atomic E-state index is 0.528. The lowest BCUT2D eigenvalue weighted by Gasteiger charge is -2.13. The number of aryl methyl sites for hydroxylation is 1. The molecule has 0 heterocycles. The Labute approximate surface area is 89.1 Å². The molecule has 1 aliphatic carbocycles. The van der Waals surface area contributed by atoms with E-state index in [-0.39, 0.29) is 0 Å². The van der Waals surface area contributed by atoms with Crippen LogP contribution >= 0.6 is 0 Å². The van der Waals surface area contributed by atoms with Crippen LogP contribution < -0.4 is 5.48 Å². The summed E-state index contributed by atoms with van der Waals surface area (Å²) in [5, 5.41) is 8.65. The van der Waals surface area contributed by atoms with Gasteiger partial charge in [-0.25, -0.2) is 4.99 Å². The average Bonchev–Trinajstić information content (AvgIpc) is 2.29. The predicted molar refractivity (Wildman–Crippen MR) is 60.8 cm³/mol. The van der Waals surface area contributed by atoms with Crippen molar-refractivity contribution in [2.75, 3.05) is 0 Å². The van der Waals surface area contributed by atoms with Crippen LogP contribution in [-0.2, 0) is 6.42 Å². The van der Waals surface area contributed by atoms with E-state index in [2.05, 4.69) is 29.3 Å². The topological polar surface area (TPSA) is 44.6 Å². The van der Waals surface area contributed by atoms with Gasteiger partial charge in [-0.05, 0) is 37.0 Å². The van der Waals surface area contributed by atoms with Crippen molar-refractivity contribution in [3.63, 3.8) is 0 Å². The van der Waals surface area contributed by atoms with Crippen LogP contribution in [0.25, 0.3) is 6.08 Å². The largest absolute Gasteiger partial charge is 0.290 e. The molecule has 0 saturated carbocycles. The fourth-order valence-electron chi connectivity index (χ4n) is 1.75. The van der Waals surface area contributed by atoms with Gasteiger partial charge in [-0.3, -0.25) is 10.7 Å². The van der Waals surface area contributed by atoms with Gasteiger partial charge in [0.25, 0.3) is 0 Å². The van der Waals surface area contributed by atoms with E-state index in [1.165, 1.54) is 11.1 Å². The zero-order valence-electron chi connectivity index (χ0n) is 8.70. The number of aliphatic imine (C=N–C) groups is 1. The fraction of sp³-hybridized carbons (Fsp3) is 0.250. The Kier molecular flexibility index (Phi) is 2.83. The van der Waals surface area contributed by atoms with Gasteiger partial charge in [0.2, 0.25) is 0 Å². The van der Waals surface area contributed by atoms with Crippen molar-refractivity contribution < 1.29 is 5.21 Å². The number of allylic oxidation sites excluding steroid dienone is 1. The van der Waals surface area contributed by atoms with Crippen molar-refractivity contribution in [2.24, 2.45) is 4.99 Å². The maximum atomic E-state index is 8.65. The first-order valence-corrected chi connectivity index (χ1v) is 5.03. The van der Waals surface area contributed by atoms with E-state index in [0.29, 0.717) is 5.84 Å². The molecule has 1 aromatic rings. The molecular formula is C12H14N2O. The monoisotopic (exact) mass is 202 g/mol. The summed E-state index contributed by atoms with van der Waals surface area (Å²) < 4.78 is 0. The molecule has 1 aliphatic rings. The molecule has 0 unspecified atom stereocenters. The summed E-state index contributed by atoms with van der Waals surface area (Å²) in [6, 6.07) is 8.32. The van der Waals surface area contributed by atoms with Crippen molar-refractivity contribution in [1.29, 1.82) is 0 Å². The number of hydroxylamine groups is 1. The summed E-state index contributed by atoms with van der Waals surface area (Å²) in [4.78, 5) is 4.27. The fourth-order valence-corrected chi connectivity index (χ4v) is 1.75. The Bertz CT molecular complexity index is 421. The minimum Gasteiger partial charge on any atom is -0.290 e. The highest BCUT2D eigenvalue weighted by molar-refractivity contribution is 5.80. The molecule has 78 valence electrons. The summed E-state index contributed by atoms with van der Waals surface area (Å²) in [6.45, 7) is 1.74. The number of rotatable bonds is 1. The molecule has 0 aromatic heterocycles. The SMILES string of the molecule is CC(=NC1=Cc2ccccc2CC1)NO. The van der Waals surface area contributed by atoms with Gasteiger partial charge in [0, 0.05) is 5.70 Å². The zero-order valence-corrected chi connectivity index (χ0v) is 8.70. The highest BCUT2D eigenvalue weighted by atomic mass is 16.5. The van der Waals surface area contributed by atoms with Crippen molar-refractivity contribution in [2.45, 2.75) is 19.8 Å². The zero-order chi connectivity index (χ0) is 10.7. The average molecular weight is 202 g/mol. The molecular weight excluding hydrogens is 188 g/mol. The third-order valence-corrected chi connectivity index (χ3v) is 2.50. The van der Waals surface area contributed by atoms with Crippen LogP contribution in [0.15, 0.2) is 35.0 Å². The summed E-state index contributed by atoms with van der Waals surface area (Å²) in [5.41, 5.74) is 5.65. The van der Waals surface area contributed by atoms with Crippen LogP contribution in [0.5, 0.6) is 0 Å². The number of hydrogen-bond acceptors (Lipinski definition) is 2. The Morgan fingerprint density at radius 2 is 2.13 bits per heavy atom. The second kappa shape index (κ2) is 4.28. The van der Waals surface area contributed by atoms with Crippen molar-refractivity contribution in [3.05, 3.63) is 41.1 Å². The minimum absolute atomic E-state index is 0.528. The lowest BCUT2D eigenvalue weighted by molar-refractivity contribution is 0.233. The third kappa shape index (κ3) is 2.25. The van der Waals surface area contributed by atoms with Crippen LogP contribution in [0.1, 0.15) is 24.5 Å². The van der Waals surface area contributed by atoms with Crippen molar-refractivity contribution >= 4 is 11.9 Å². The van der Waals surface area contributed by atoms with Gasteiger partial charge in [-0.1, -0.05) is 24.3 Å². The number of nitrogens with zero attached hydrogens (tertiary/aromatic N) is 1. The molecule has 1 aromatic carbocycles. The second-order valence-corrected chi connectivity index (χ2v) is 3.64. The number of amidine groups is 1. The highest BCUT2D eigenvalue weighted by Gasteiger charge is 2.08. The molecule has 0 atom stereocenters. The molecule has 2 N–H and O–H groups in total. The second-order valence-electron chi connectivity index (χ2n) is 3.64. The first kappa shape index (κ1) is 9.93. The van der Waals surface area contributed by atoms with Crippen molar-refractivity contribution in [1.82, 2.24) is 5.48 Å². The summed E-state index contributed by atoms with van der Waals surface area (Å²) >= 11 is 0. The number of fused-ring (bicyclic) bond motifs is 1. The van der Waals surface area contributed by atoms with Gasteiger partial charge in [-0.2, -0.15) is 0 Å². The maximum absolute atomic E-state index is 8.65. The van der Waals surface area contributed by atoms with Crippen LogP contribution in [0.3, 0.4) is 0 Å². The molecule has 2 rings (SSSR count). The summed E-state index contributed by atoms with van der Waals surface area (Å²) in [5.74, 6) is 0.528. The Hall–Kier alpha value is -1.61. The van der Waals surface area contributed by atoms with Crippen LogP contribution in [0.4, 0.5) is 0 Å². The van der Waals surface area contributed by atoms with E-state index in [9.17, 15) is 0 Å². The van der Waals surface area contributed by atoms with E-state index < -0.39 is 0 Å². The van der Waals surface area contributed by atoms with Crippen molar-refractivity contribution in [3.8, 4) is 0 Å². The Morgan fingerprint density at radius 1 is 1.33 bits per heavy atom. The standard InChI is InChI=1S/C12H14N2O/c1-9(14-15)13-12-7-6-10-4-2-3-5-11(10)8-12/h2-5,8,15H,6-7H2,1H3,(H,13,14). The molecule has 0 spiro atoms. The summed E-state index contributed by atoms with van der Waals surface area (Å²) in [7, 11) is 0. The van der Waals surface area contributed by atoms with Gasteiger partial charge in [-0.15, -0.1) is 0 Å². The van der Waals surface area contributed by atoms with Gasteiger partial charge >= 0.3 is 0 Å². The molecule has 0 radical (unpaired) electrons. The van der Waals surface area contributed by atoms with E-state index in [4.69, 9.17) is 5.21 Å². The van der Waals surface area contributed by atoms with E-state index in [0.717, 1.165) is 18.5 Å². The van der Waals surface area contributed by atoms with Gasteiger partial charge < -0.3 is 0 Å². The van der Waals surface area contributed by atoms with E-state index >= 15 is 0 Å². The van der Waals surface area contributed by atoms with Crippen LogP contribution in [-0.4, -0.2) is 11.0 Å². The summed E-state index contributed by atoms with van der Waals surface area (Å²) in [6.07, 6.45) is 4.01. The van der Waals surface area contributed by atoms with Crippen LogP contribution in [0, 0.1) is 0 Å². The Morgan fingerprint density at radius 3 is 2.93 bits per heavy atom. The Balaban J connectivity index is 2.29.